The SMILES string of the molecule is Cc1ccc(Nc2nc(C3CCCN(CC(N)=O)C3)cs2)nc1. The summed E-state index contributed by atoms with van der Waals surface area (Å²) in [5.41, 5.74) is 7.51. The summed E-state index contributed by atoms with van der Waals surface area (Å²) in [4.78, 5) is 22.2. The van der Waals surface area contributed by atoms with Gasteiger partial charge in [-0.1, -0.05) is 6.07 Å². The first-order chi connectivity index (χ1) is 11.1. The van der Waals surface area contributed by atoms with Gasteiger partial charge in [0.15, 0.2) is 5.13 Å². The summed E-state index contributed by atoms with van der Waals surface area (Å²) in [6, 6.07) is 3.97. The number of rotatable bonds is 5. The van der Waals surface area contributed by atoms with Crippen molar-refractivity contribution in [3.05, 3.63) is 35.0 Å². The zero-order valence-corrected chi connectivity index (χ0v) is 14.0. The molecule has 23 heavy (non-hydrogen) atoms. The third-order valence-corrected chi connectivity index (χ3v) is 4.75. The quantitative estimate of drug-likeness (QED) is 0.878. The summed E-state index contributed by atoms with van der Waals surface area (Å²) in [5.74, 6) is 0.896. The fourth-order valence-corrected chi connectivity index (χ4v) is 3.64. The first-order valence-electron chi connectivity index (χ1n) is 7.76. The molecule has 0 bridgehead atoms. The molecule has 1 aliphatic heterocycles. The largest absolute Gasteiger partial charge is 0.369 e. The van der Waals surface area contributed by atoms with Gasteiger partial charge in [0, 0.05) is 24.0 Å². The molecule has 0 saturated carbocycles. The zero-order chi connectivity index (χ0) is 16.2. The molecule has 1 unspecified atom stereocenters. The smallest absolute Gasteiger partial charge is 0.231 e. The van der Waals surface area contributed by atoms with Gasteiger partial charge in [-0.2, -0.15) is 0 Å². The van der Waals surface area contributed by atoms with Crippen molar-refractivity contribution in [1.82, 2.24) is 14.9 Å². The van der Waals surface area contributed by atoms with Crippen molar-refractivity contribution < 1.29 is 4.79 Å². The van der Waals surface area contributed by atoms with Crippen LogP contribution < -0.4 is 11.1 Å². The lowest BCUT2D eigenvalue weighted by Gasteiger charge is -2.30. The number of primary amides is 1. The number of aryl methyl sites for hydroxylation is 1. The standard InChI is InChI=1S/C16H21N5OS/c1-11-4-5-15(18-7-11)20-16-19-13(10-23-16)12-3-2-6-21(8-12)9-14(17)22/h4-5,7,10,12H,2-3,6,8-9H2,1H3,(H2,17,22)(H,18,19,20). The monoisotopic (exact) mass is 331 g/mol. The Labute approximate surface area is 139 Å². The van der Waals surface area contributed by atoms with Crippen LogP contribution >= 0.6 is 11.3 Å². The number of likely N-dealkylation sites (tertiary alicyclic amines) is 1. The topological polar surface area (TPSA) is 84.1 Å². The van der Waals surface area contributed by atoms with E-state index >= 15 is 0 Å². The minimum absolute atomic E-state index is 0.267. The summed E-state index contributed by atoms with van der Waals surface area (Å²) in [6.07, 6.45) is 4.00. The maximum Gasteiger partial charge on any atom is 0.231 e. The molecule has 1 amide bonds. The summed E-state index contributed by atoms with van der Waals surface area (Å²) in [7, 11) is 0. The molecule has 0 aliphatic carbocycles. The van der Waals surface area contributed by atoms with Crippen LogP contribution in [-0.2, 0) is 4.79 Å². The number of pyridine rings is 1. The number of hydrogen-bond donors (Lipinski definition) is 2. The van der Waals surface area contributed by atoms with Gasteiger partial charge in [-0.05, 0) is 37.9 Å². The van der Waals surface area contributed by atoms with E-state index in [0.717, 1.165) is 48.1 Å². The fourth-order valence-electron chi connectivity index (χ4n) is 2.84. The van der Waals surface area contributed by atoms with Crippen molar-refractivity contribution in [2.75, 3.05) is 25.0 Å². The number of nitrogens with one attached hydrogen (secondary N) is 1. The van der Waals surface area contributed by atoms with Crippen LogP contribution in [0.25, 0.3) is 0 Å². The Morgan fingerprint density at radius 2 is 2.39 bits per heavy atom. The molecule has 6 nitrogen and oxygen atoms in total. The van der Waals surface area contributed by atoms with Gasteiger partial charge in [0.25, 0.3) is 0 Å². The van der Waals surface area contributed by atoms with Gasteiger partial charge < -0.3 is 11.1 Å². The molecule has 7 heteroatoms. The molecule has 1 aliphatic rings. The van der Waals surface area contributed by atoms with Crippen LogP contribution in [0, 0.1) is 6.92 Å². The Morgan fingerprint density at radius 1 is 1.52 bits per heavy atom. The maximum absolute atomic E-state index is 11.1. The molecule has 0 aromatic carbocycles. The number of hydrogen-bond acceptors (Lipinski definition) is 6. The molecule has 0 spiro atoms. The van der Waals surface area contributed by atoms with Gasteiger partial charge in [0.1, 0.15) is 5.82 Å². The van der Waals surface area contributed by atoms with Crippen molar-refractivity contribution >= 4 is 28.2 Å². The maximum atomic E-state index is 11.1. The highest BCUT2D eigenvalue weighted by molar-refractivity contribution is 7.13. The Bertz CT molecular complexity index is 669. The highest BCUT2D eigenvalue weighted by Crippen LogP contribution is 2.30. The fraction of sp³-hybridized carbons (Fsp3) is 0.438. The van der Waals surface area contributed by atoms with Crippen molar-refractivity contribution in [1.29, 1.82) is 0 Å². The molecular weight excluding hydrogens is 310 g/mol. The van der Waals surface area contributed by atoms with E-state index in [9.17, 15) is 4.79 Å². The Hall–Kier alpha value is -1.99. The van der Waals surface area contributed by atoms with Crippen LogP contribution in [0.1, 0.15) is 30.0 Å². The van der Waals surface area contributed by atoms with Crippen molar-refractivity contribution in [2.45, 2.75) is 25.7 Å². The summed E-state index contributed by atoms with van der Waals surface area (Å²) in [5, 5.41) is 6.19. The van der Waals surface area contributed by atoms with Gasteiger partial charge in [-0.15, -0.1) is 11.3 Å². The lowest BCUT2D eigenvalue weighted by molar-refractivity contribution is -0.119. The third-order valence-electron chi connectivity index (χ3n) is 3.97. The van der Waals surface area contributed by atoms with E-state index in [1.807, 2.05) is 25.3 Å². The van der Waals surface area contributed by atoms with Crippen LogP contribution in [0.4, 0.5) is 10.9 Å². The van der Waals surface area contributed by atoms with Crippen molar-refractivity contribution in [3.63, 3.8) is 0 Å². The lowest BCUT2D eigenvalue weighted by Crippen LogP contribution is -2.40. The molecule has 2 aromatic rings. The number of anilines is 2. The van der Waals surface area contributed by atoms with Crippen molar-refractivity contribution in [2.24, 2.45) is 5.73 Å². The van der Waals surface area contributed by atoms with E-state index in [2.05, 4.69) is 25.6 Å². The van der Waals surface area contributed by atoms with E-state index in [1.165, 1.54) is 0 Å². The Balaban J connectivity index is 1.64. The van der Waals surface area contributed by atoms with Gasteiger partial charge >= 0.3 is 0 Å². The number of amides is 1. The highest BCUT2D eigenvalue weighted by Gasteiger charge is 2.24. The number of carbonyl (C=O) groups is 1. The molecule has 0 radical (unpaired) electrons. The van der Waals surface area contributed by atoms with Crippen LogP contribution in [0.3, 0.4) is 0 Å². The van der Waals surface area contributed by atoms with Gasteiger partial charge in [-0.25, -0.2) is 9.97 Å². The average molecular weight is 331 g/mol. The molecule has 1 atom stereocenters. The van der Waals surface area contributed by atoms with Crippen LogP contribution in [0.2, 0.25) is 0 Å². The number of aromatic nitrogens is 2. The first kappa shape index (κ1) is 15.9. The number of piperidine rings is 1. The van der Waals surface area contributed by atoms with E-state index in [0.29, 0.717) is 12.5 Å². The number of carbonyl (C=O) groups excluding carboxylic acids is 1. The minimum Gasteiger partial charge on any atom is -0.369 e. The zero-order valence-electron chi connectivity index (χ0n) is 13.2. The molecule has 1 saturated heterocycles. The number of thiazole rings is 1. The van der Waals surface area contributed by atoms with E-state index in [-0.39, 0.29) is 5.91 Å². The predicted octanol–water partition coefficient (Wildman–Crippen LogP) is 2.25. The van der Waals surface area contributed by atoms with Crippen LogP contribution in [0.15, 0.2) is 23.7 Å². The van der Waals surface area contributed by atoms with Gasteiger partial charge in [-0.3, -0.25) is 9.69 Å². The molecule has 122 valence electrons. The molecule has 3 heterocycles. The van der Waals surface area contributed by atoms with Crippen LogP contribution in [0.5, 0.6) is 0 Å². The molecule has 2 aromatic heterocycles. The van der Waals surface area contributed by atoms with Crippen LogP contribution in [-0.4, -0.2) is 40.4 Å². The predicted molar refractivity (Wildman–Crippen MR) is 92.0 cm³/mol. The summed E-state index contributed by atoms with van der Waals surface area (Å²) < 4.78 is 0. The average Bonchev–Trinajstić information content (AvgIpc) is 2.98. The van der Waals surface area contributed by atoms with Gasteiger partial charge in [0.2, 0.25) is 5.91 Å². The third kappa shape index (κ3) is 4.27. The molecule has 3 rings (SSSR count). The lowest BCUT2D eigenvalue weighted by atomic mass is 9.95. The van der Waals surface area contributed by atoms with Crippen molar-refractivity contribution in [3.8, 4) is 0 Å². The number of nitrogens with two attached hydrogens (primary N) is 1. The summed E-state index contributed by atoms with van der Waals surface area (Å²) in [6.45, 7) is 4.12. The Kier molecular flexibility index (Phi) is 4.88. The molecular formula is C16H21N5OS. The second kappa shape index (κ2) is 7.06. The molecule has 3 N–H and O–H groups in total. The number of nitrogens with zero attached hydrogens (tertiary/aromatic N) is 3. The first-order valence-corrected chi connectivity index (χ1v) is 8.64. The van der Waals surface area contributed by atoms with E-state index in [4.69, 9.17) is 5.73 Å². The normalized spacial score (nSPS) is 18.7. The van der Waals surface area contributed by atoms with E-state index < -0.39 is 0 Å². The minimum atomic E-state index is -0.267. The van der Waals surface area contributed by atoms with Gasteiger partial charge in [0.05, 0.1) is 12.2 Å². The molecule has 1 fully saturated rings. The second-order valence-corrected chi connectivity index (χ2v) is 6.82. The summed E-state index contributed by atoms with van der Waals surface area (Å²) >= 11 is 1.58. The second-order valence-electron chi connectivity index (χ2n) is 5.96. The van der Waals surface area contributed by atoms with E-state index in [1.54, 1.807) is 11.3 Å². The Morgan fingerprint density at radius 3 is 3.13 bits per heavy atom. The highest BCUT2D eigenvalue weighted by atomic mass is 32.1.